The summed E-state index contributed by atoms with van der Waals surface area (Å²) in [5.41, 5.74) is 6.54. The van der Waals surface area contributed by atoms with E-state index in [0.717, 1.165) is 38.1 Å². The predicted molar refractivity (Wildman–Crippen MR) is 80.4 cm³/mol. The fourth-order valence-corrected chi connectivity index (χ4v) is 2.78. The second kappa shape index (κ2) is 5.25. The average molecular weight is 274 g/mol. The fraction of sp³-hybridized carbons (Fsp3) is 0.400. The molecular weight excluding hydrogens is 255 g/mol. The molecule has 0 atom stereocenters. The lowest BCUT2D eigenvalue weighted by atomic mass is 10.1. The number of likely N-dealkylation sites (N-methyl/N-ethyl adjacent to an activating group) is 1. The number of nitrogens with two attached hydrogens (primary N) is 1. The molecule has 0 amide bonds. The van der Waals surface area contributed by atoms with Crippen LogP contribution in [0, 0.1) is 5.82 Å². The number of anilines is 2. The highest BCUT2D eigenvalue weighted by Crippen LogP contribution is 2.31. The first-order valence-corrected chi connectivity index (χ1v) is 7.00. The van der Waals surface area contributed by atoms with E-state index in [9.17, 15) is 4.39 Å². The van der Waals surface area contributed by atoms with Crippen LogP contribution in [0.25, 0.3) is 10.8 Å². The Hall–Kier alpha value is -1.88. The van der Waals surface area contributed by atoms with Gasteiger partial charge in [0.05, 0.1) is 5.39 Å². The normalized spacial score (nSPS) is 16.8. The third-order valence-electron chi connectivity index (χ3n) is 4.01. The van der Waals surface area contributed by atoms with Crippen LogP contribution in [0.15, 0.2) is 24.4 Å². The lowest BCUT2D eigenvalue weighted by molar-refractivity contribution is 0.270. The number of nitrogen functional groups attached to an aromatic ring is 1. The Morgan fingerprint density at radius 1 is 1.20 bits per heavy atom. The van der Waals surface area contributed by atoms with E-state index in [2.05, 4.69) is 21.7 Å². The summed E-state index contributed by atoms with van der Waals surface area (Å²) in [6.07, 6.45) is 1.71. The minimum absolute atomic E-state index is 0.254. The van der Waals surface area contributed by atoms with Gasteiger partial charge in [0.25, 0.3) is 0 Å². The van der Waals surface area contributed by atoms with E-state index >= 15 is 0 Å². The summed E-state index contributed by atoms with van der Waals surface area (Å²) in [7, 11) is 0. The molecule has 5 heteroatoms. The molecule has 1 aliphatic rings. The summed E-state index contributed by atoms with van der Waals surface area (Å²) >= 11 is 0. The zero-order valence-electron chi connectivity index (χ0n) is 11.6. The van der Waals surface area contributed by atoms with Crippen molar-refractivity contribution in [3.63, 3.8) is 0 Å². The van der Waals surface area contributed by atoms with Gasteiger partial charge in [0, 0.05) is 43.4 Å². The molecule has 1 aliphatic heterocycles. The van der Waals surface area contributed by atoms with Gasteiger partial charge in [-0.1, -0.05) is 6.92 Å². The molecular formula is C15H19FN4. The third kappa shape index (κ3) is 2.18. The van der Waals surface area contributed by atoms with Gasteiger partial charge in [-0.2, -0.15) is 0 Å². The molecule has 3 rings (SSSR count). The van der Waals surface area contributed by atoms with Gasteiger partial charge in [-0.3, -0.25) is 0 Å². The number of pyridine rings is 1. The van der Waals surface area contributed by atoms with E-state index in [4.69, 9.17) is 5.73 Å². The molecule has 106 valence electrons. The lowest BCUT2D eigenvalue weighted by Gasteiger charge is -2.35. The Kier molecular flexibility index (Phi) is 3.44. The van der Waals surface area contributed by atoms with Crippen LogP contribution in [0.2, 0.25) is 0 Å². The number of rotatable bonds is 2. The van der Waals surface area contributed by atoms with Crippen molar-refractivity contribution in [1.82, 2.24) is 9.88 Å². The molecule has 2 N–H and O–H groups in total. The molecule has 20 heavy (non-hydrogen) atoms. The molecule has 1 saturated heterocycles. The number of halogens is 1. The highest BCUT2D eigenvalue weighted by molar-refractivity contribution is 5.99. The van der Waals surface area contributed by atoms with Crippen LogP contribution in [-0.4, -0.2) is 42.6 Å². The number of fused-ring (bicyclic) bond motifs is 1. The van der Waals surface area contributed by atoms with Crippen LogP contribution in [-0.2, 0) is 0 Å². The Morgan fingerprint density at radius 2 is 1.95 bits per heavy atom. The predicted octanol–water partition coefficient (Wildman–Crippen LogP) is 2.10. The molecule has 1 aromatic carbocycles. The Bertz CT molecular complexity index is 621. The van der Waals surface area contributed by atoms with Crippen molar-refractivity contribution in [3.05, 3.63) is 30.2 Å². The van der Waals surface area contributed by atoms with Crippen molar-refractivity contribution >= 4 is 22.3 Å². The van der Waals surface area contributed by atoms with Gasteiger partial charge in [0.2, 0.25) is 0 Å². The van der Waals surface area contributed by atoms with Crippen molar-refractivity contribution in [2.75, 3.05) is 43.4 Å². The van der Waals surface area contributed by atoms with E-state index in [1.807, 2.05) is 0 Å². The van der Waals surface area contributed by atoms with Crippen molar-refractivity contribution in [2.24, 2.45) is 0 Å². The SMILES string of the molecule is CCN1CCN(c2nccc3c(N)ccc(F)c23)CC1. The summed E-state index contributed by atoms with van der Waals surface area (Å²) in [6.45, 7) is 6.92. The number of aromatic nitrogens is 1. The summed E-state index contributed by atoms with van der Waals surface area (Å²) in [5.74, 6) is 0.457. The summed E-state index contributed by atoms with van der Waals surface area (Å²) < 4.78 is 14.2. The summed E-state index contributed by atoms with van der Waals surface area (Å²) in [6, 6.07) is 4.81. The number of hydrogen-bond donors (Lipinski definition) is 1. The highest BCUT2D eigenvalue weighted by Gasteiger charge is 2.20. The molecule has 0 aliphatic carbocycles. The highest BCUT2D eigenvalue weighted by atomic mass is 19.1. The van der Waals surface area contributed by atoms with Gasteiger partial charge in [0.1, 0.15) is 11.6 Å². The van der Waals surface area contributed by atoms with Gasteiger partial charge in [-0.15, -0.1) is 0 Å². The topological polar surface area (TPSA) is 45.4 Å². The quantitative estimate of drug-likeness (QED) is 0.852. The van der Waals surface area contributed by atoms with E-state index < -0.39 is 0 Å². The molecule has 1 fully saturated rings. The van der Waals surface area contributed by atoms with Gasteiger partial charge >= 0.3 is 0 Å². The average Bonchev–Trinajstić information content (AvgIpc) is 2.51. The molecule has 0 unspecified atom stereocenters. The fourth-order valence-electron chi connectivity index (χ4n) is 2.78. The zero-order chi connectivity index (χ0) is 14.1. The maximum absolute atomic E-state index is 14.2. The summed E-state index contributed by atoms with van der Waals surface area (Å²) in [4.78, 5) is 8.93. The molecule has 0 saturated carbocycles. The number of piperazine rings is 1. The molecule has 0 radical (unpaired) electrons. The second-order valence-electron chi connectivity index (χ2n) is 5.12. The van der Waals surface area contributed by atoms with E-state index in [0.29, 0.717) is 16.9 Å². The minimum Gasteiger partial charge on any atom is -0.398 e. The van der Waals surface area contributed by atoms with E-state index in [1.165, 1.54) is 6.07 Å². The van der Waals surface area contributed by atoms with Gasteiger partial charge in [0.15, 0.2) is 0 Å². The van der Waals surface area contributed by atoms with Crippen molar-refractivity contribution in [3.8, 4) is 0 Å². The third-order valence-corrected chi connectivity index (χ3v) is 4.01. The smallest absolute Gasteiger partial charge is 0.139 e. The van der Waals surface area contributed by atoms with Crippen LogP contribution in [0.1, 0.15) is 6.92 Å². The minimum atomic E-state index is -0.254. The van der Waals surface area contributed by atoms with Crippen molar-refractivity contribution in [2.45, 2.75) is 6.92 Å². The number of nitrogens with zero attached hydrogens (tertiary/aromatic N) is 3. The summed E-state index contributed by atoms with van der Waals surface area (Å²) in [5, 5.41) is 1.28. The van der Waals surface area contributed by atoms with E-state index in [1.54, 1.807) is 18.3 Å². The first-order chi connectivity index (χ1) is 9.70. The Morgan fingerprint density at radius 3 is 2.65 bits per heavy atom. The molecule has 2 heterocycles. The number of hydrogen-bond acceptors (Lipinski definition) is 4. The molecule has 2 aromatic rings. The number of benzene rings is 1. The van der Waals surface area contributed by atoms with Crippen LogP contribution in [0.5, 0.6) is 0 Å². The first-order valence-electron chi connectivity index (χ1n) is 7.00. The lowest BCUT2D eigenvalue weighted by Crippen LogP contribution is -2.46. The van der Waals surface area contributed by atoms with Crippen molar-refractivity contribution < 1.29 is 4.39 Å². The van der Waals surface area contributed by atoms with Gasteiger partial charge < -0.3 is 15.5 Å². The van der Waals surface area contributed by atoms with Gasteiger partial charge in [-0.25, -0.2) is 9.37 Å². The van der Waals surface area contributed by atoms with Gasteiger partial charge in [-0.05, 0) is 24.7 Å². The van der Waals surface area contributed by atoms with E-state index in [-0.39, 0.29) is 5.82 Å². The molecule has 4 nitrogen and oxygen atoms in total. The second-order valence-corrected chi connectivity index (χ2v) is 5.12. The van der Waals surface area contributed by atoms with Crippen LogP contribution < -0.4 is 10.6 Å². The maximum atomic E-state index is 14.2. The standard InChI is InChI=1S/C15H19FN4/c1-2-19-7-9-20(10-8-19)15-14-11(5-6-18-15)13(17)4-3-12(14)16/h3-6H,2,7-10,17H2,1H3. The van der Waals surface area contributed by atoms with Crippen LogP contribution in [0.3, 0.4) is 0 Å². The zero-order valence-corrected chi connectivity index (χ0v) is 11.6. The Labute approximate surface area is 118 Å². The molecule has 0 bridgehead atoms. The Balaban J connectivity index is 2.02. The van der Waals surface area contributed by atoms with Crippen LogP contribution in [0.4, 0.5) is 15.9 Å². The largest absolute Gasteiger partial charge is 0.398 e. The first kappa shape index (κ1) is 13.1. The van der Waals surface area contributed by atoms with Crippen LogP contribution >= 0.6 is 0 Å². The molecule has 0 spiro atoms. The maximum Gasteiger partial charge on any atom is 0.139 e. The van der Waals surface area contributed by atoms with Crippen molar-refractivity contribution in [1.29, 1.82) is 0 Å². The monoisotopic (exact) mass is 274 g/mol. The molecule has 1 aromatic heterocycles.